The maximum atomic E-state index is 13.0. The van der Waals surface area contributed by atoms with Crippen LogP contribution in [0.25, 0.3) is 16.9 Å². The van der Waals surface area contributed by atoms with Crippen molar-refractivity contribution in [3.8, 4) is 16.9 Å². The van der Waals surface area contributed by atoms with Gasteiger partial charge in [-0.15, -0.1) is 0 Å². The highest BCUT2D eigenvalue weighted by Gasteiger charge is 2.14. The maximum absolute atomic E-state index is 13.0. The first-order chi connectivity index (χ1) is 16.0. The lowest BCUT2D eigenvalue weighted by Crippen LogP contribution is -2.32. The molecule has 4 aromatic rings. The van der Waals surface area contributed by atoms with E-state index in [1.54, 1.807) is 10.9 Å². The number of anilines is 1. The van der Waals surface area contributed by atoms with Crippen LogP contribution in [0.4, 0.5) is 10.1 Å². The molecule has 0 bridgehead atoms. The Labute approximate surface area is 189 Å². The molecule has 0 aliphatic rings. The topological polar surface area (TPSA) is 88.4 Å². The molecule has 164 valence electrons. The number of halogens is 1. The lowest BCUT2D eigenvalue weighted by atomic mass is 10.1. The normalized spacial score (nSPS) is 10.8. The lowest BCUT2D eigenvalue weighted by molar-refractivity contribution is -0.136. The Kier molecular flexibility index (Phi) is 6.36. The van der Waals surface area contributed by atoms with Gasteiger partial charge in [0, 0.05) is 23.0 Å². The Morgan fingerprint density at radius 2 is 1.64 bits per heavy atom. The predicted octanol–water partition coefficient (Wildman–Crippen LogP) is 4.08. The van der Waals surface area contributed by atoms with Crippen LogP contribution in [0.3, 0.4) is 0 Å². The highest BCUT2D eigenvalue weighted by molar-refractivity contribution is 6.39. The van der Waals surface area contributed by atoms with Crippen LogP contribution in [0, 0.1) is 12.7 Å². The third-order valence-electron chi connectivity index (χ3n) is 4.77. The first-order valence-corrected chi connectivity index (χ1v) is 10.1. The summed E-state index contributed by atoms with van der Waals surface area (Å²) in [4.78, 5) is 24.1. The Bertz CT molecular complexity index is 1300. The van der Waals surface area contributed by atoms with E-state index in [9.17, 15) is 14.0 Å². The van der Waals surface area contributed by atoms with Crippen molar-refractivity contribution in [2.45, 2.75) is 6.92 Å². The second-order valence-electron chi connectivity index (χ2n) is 7.24. The molecule has 0 aliphatic heterocycles. The van der Waals surface area contributed by atoms with Crippen LogP contribution in [0.5, 0.6) is 0 Å². The monoisotopic (exact) mass is 441 g/mol. The first kappa shape index (κ1) is 21.6. The molecule has 0 fully saturated rings. The zero-order valence-electron chi connectivity index (χ0n) is 17.7. The number of aromatic nitrogens is 2. The molecule has 0 atom stereocenters. The smallest absolute Gasteiger partial charge is 0.318 e. The summed E-state index contributed by atoms with van der Waals surface area (Å²) in [7, 11) is 0. The fraction of sp³-hybridized carbons (Fsp3) is 0.0400. The molecule has 4 rings (SSSR count). The molecule has 0 aliphatic carbocycles. The number of aryl methyl sites for hydroxylation is 1. The third kappa shape index (κ3) is 5.37. The van der Waals surface area contributed by atoms with Crippen LogP contribution in [0.1, 0.15) is 11.1 Å². The Balaban J connectivity index is 1.52. The molecule has 7 nitrogen and oxygen atoms in total. The molecule has 0 unspecified atom stereocenters. The van der Waals surface area contributed by atoms with E-state index in [0.717, 1.165) is 16.8 Å². The molecule has 0 saturated heterocycles. The van der Waals surface area contributed by atoms with E-state index >= 15 is 0 Å². The molecule has 0 spiro atoms. The number of hydrogen-bond donors (Lipinski definition) is 2. The second-order valence-corrected chi connectivity index (χ2v) is 7.24. The zero-order chi connectivity index (χ0) is 23.2. The Morgan fingerprint density at radius 3 is 2.33 bits per heavy atom. The molecule has 3 aromatic carbocycles. The predicted molar refractivity (Wildman–Crippen MR) is 125 cm³/mol. The summed E-state index contributed by atoms with van der Waals surface area (Å²) in [6.45, 7) is 2.00. The van der Waals surface area contributed by atoms with E-state index in [1.165, 1.54) is 30.5 Å². The summed E-state index contributed by atoms with van der Waals surface area (Å²) in [6, 6.07) is 22.6. The van der Waals surface area contributed by atoms with Crippen LogP contribution in [0.2, 0.25) is 0 Å². The molecule has 33 heavy (non-hydrogen) atoms. The number of hydrogen-bond acceptors (Lipinski definition) is 4. The van der Waals surface area contributed by atoms with Crippen molar-refractivity contribution in [1.29, 1.82) is 0 Å². The van der Waals surface area contributed by atoms with Gasteiger partial charge in [0.05, 0.1) is 11.9 Å². The number of rotatable bonds is 5. The second kappa shape index (κ2) is 9.69. The maximum Gasteiger partial charge on any atom is 0.329 e. The van der Waals surface area contributed by atoms with E-state index in [1.807, 2.05) is 61.5 Å². The number of carbonyl (C=O) groups is 2. The molecule has 1 heterocycles. The third-order valence-corrected chi connectivity index (χ3v) is 4.77. The zero-order valence-corrected chi connectivity index (χ0v) is 17.7. The minimum absolute atomic E-state index is 0.298. The average molecular weight is 441 g/mol. The van der Waals surface area contributed by atoms with Crippen LogP contribution in [-0.4, -0.2) is 27.8 Å². The highest BCUT2D eigenvalue weighted by atomic mass is 19.1. The largest absolute Gasteiger partial charge is 0.329 e. The first-order valence-electron chi connectivity index (χ1n) is 10.1. The van der Waals surface area contributed by atoms with Crippen molar-refractivity contribution in [1.82, 2.24) is 15.2 Å². The lowest BCUT2D eigenvalue weighted by Gasteiger charge is -2.03. The van der Waals surface area contributed by atoms with E-state index in [-0.39, 0.29) is 0 Å². The van der Waals surface area contributed by atoms with Gasteiger partial charge in [-0.2, -0.15) is 10.2 Å². The van der Waals surface area contributed by atoms with Crippen LogP contribution >= 0.6 is 0 Å². The summed E-state index contributed by atoms with van der Waals surface area (Å²) in [6.07, 6.45) is 3.23. The summed E-state index contributed by atoms with van der Waals surface area (Å²) < 4.78 is 14.7. The molecular formula is C25H20FN5O2. The van der Waals surface area contributed by atoms with Crippen molar-refractivity contribution < 1.29 is 14.0 Å². The number of nitrogens with zero attached hydrogens (tertiary/aromatic N) is 3. The van der Waals surface area contributed by atoms with Gasteiger partial charge in [-0.25, -0.2) is 14.5 Å². The van der Waals surface area contributed by atoms with E-state index in [4.69, 9.17) is 0 Å². The number of benzene rings is 3. The van der Waals surface area contributed by atoms with Crippen molar-refractivity contribution in [3.63, 3.8) is 0 Å². The van der Waals surface area contributed by atoms with Crippen molar-refractivity contribution in [3.05, 3.63) is 102 Å². The summed E-state index contributed by atoms with van der Waals surface area (Å²) in [5, 5.41) is 11.0. The van der Waals surface area contributed by atoms with Crippen LogP contribution in [0.15, 0.2) is 90.2 Å². The van der Waals surface area contributed by atoms with Crippen molar-refractivity contribution in [2.24, 2.45) is 5.10 Å². The molecule has 1 aromatic heterocycles. The SMILES string of the molecule is Cc1ccc(-c2nn(-c3ccccc3)cc2/C=N\NC(=O)C(=O)Nc2ccc(F)cc2)cc1. The van der Waals surface area contributed by atoms with Gasteiger partial charge in [0.15, 0.2) is 0 Å². The standard InChI is InChI=1S/C25H20FN5O2/c1-17-7-9-18(10-8-17)23-19(16-31(30-23)22-5-3-2-4-6-22)15-27-29-25(33)24(32)28-21-13-11-20(26)12-14-21/h2-16H,1H3,(H,28,32)(H,29,33)/b27-15-. The summed E-state index contributed by atoms with van der Waals surface area (Å²) >= 11 is 0. The van der Waals surface area contributed by atoms with E-state index in [0.29, 0.717) is 16.9 Å². The molecule has 0 saturated carbocycles. The van der Waals surface area contributed by atoms with Crippen LogP contribution < -0.4 is 10.7 Å². The average Bonchev–Trinajstić information content (AvgIpc) is 3.25. The minimum Gasteiger partial charge on any atom is -0.318 e. The number of carbonyl (C=O) groups excluding carboxylic acids is 2. The molecule has 2 amide bonds. The Hall–Kier alpha value is -4.59. The minimum atomic E-state index is -0.956. The van der Waals surface area contributed by atoms with Gasteiger partial charge in [0.2, 0.25) is 0 Å². The van der Waals surface area contributed by atoms with Crippen LogP contribution in [-0.2, 0) is 9.59 Å². The molecular weight excluding hydrogens is 421 g/mol. The quantitative estimate of drug-likeness (QED) is 0.278. The van der Waals surface area contributed by atoms with Gasteiger partial charge in [0.1, 0.15) is 11.5 Å². The number of amides is 2. The van der Waals surface area contributed by atoms with Gasteiger partial charge < -0.3 is 5.32 Å². The van der Waals surface area contributed by atoms with Gasteiger partial charge in [-0.1, -0.05) is 48.0 Å². The van der Waals surface area contributed by atoms with E-state index in [2.05, 4.69) is 20.9 Å². The highest BCUT2D eigenvalue weighted by Crippen LogP contribution is 2.23. The van der Waals surface area contributed by atoms with Gasteiger partial charge in [0.25, 0.3) is 0 Å². The van der Waals surface area contributed by atoms with E-state index < -0.39 is 17.6 Å². The number of para-hydroxylation sites is 1. The van der Waals surface area contributed by atoms with Gasteiger partial charge in [-0.05, 0) is 43.3 Å². The number of hydrazone groups is 1. The number of nitrogens with one attached hydrogen (secondary N) is 2. The molecule has 2 N–H and O–H groups in total. The van der Waals surface area contributed by atoms with Gasteiger partial charge in [-0.3, -0.25) is 9.59 Å². The molecule has 8 heteroatoms. The van der Waals surface area contributed by atoms with Gasteiger partial charge >= 0.3 is 11.8 Å². The summed E-state index contributed by atoms with van der Waals surface area (Å²) in [5.41, 5.74) is 6.71. The fourth-order valence-corrected chi connectivity index (χ4v) is 3.06. The molecule has 0 radical (unpaired) electrons. The summed E-state index contributed by atoms with van der Waals surface area (Å²) in [5.74, 6) is -2.32. The van der Waals surface area contributed by atoms with Crippen molar-refractivity contribution >= 4 is 23.7 Å². The van der Waals surface area contributed by atoms with Crippen molar-refractivity contribution in [2.75, 3.05) is 5.32 Å². The Morgan fingerprint density at radius 1 is 0.939 bits per heavy atom. The fourth-order valence-electron chi connectivity index (χ4n) is 3.06.